The molecule has 0 amide bonds. The summed E-state index contributed by atoms with van der Waals surface area (Å²) in [7, 11) is -0.413. The Labute approximate surface area is 149 Å². The molecule has 1 aliphatic rings. The molecule has 1 saturated carbocycles. The Balaban J connectivity index is 1.92. The minimum absolute atomic E-state index is 0.370. The van der Waals surface area contributed by atoms with Gasteiger partial charge in [-0.1, -0.05) is 67.6 Å². The topological polar surface area (TPSA) is 47.9 Å². The first-order valence-electron chi connectivity index (χ1n) is 8.33. The average molecular weight is 357 g/mol. The SMILES string of the molecule is COP(=O)(OC)[C@]1(c2ccccc2)CC1(C)C=NCc1ccccc1. The molecule has 4 nitrogen and oxygen atoms in total. The van der Waals surface area contributed by atoms with E-state index in [2.05, 4.69) is 11.9 Å². The molecule has 0 saturated heterocycles. The van der Waals surface area contributed by atoms with Gasteiger partial charge in [-0.25, -0.2) is 0 Å². The molecule has 132 valence electrons. The van der Waals surface area contributed by atoms with Crippen molar-refractivity contribution in [1.82, 2.24) is 0 Å². The lowest BCUT2D eigenvalue weighted by atomic mass is 10.0. The highest BCUT2D eigenvalue weighted by Gasteiger charge is 2.75. The minimum Gasteiger partial charge on any atom is -0.311 e. The van der Waals surface area contributed by atoms with Crippen LogP contribution in [-0.2, 0) is 25.3 Å². The molecule has 1 aliphatic carbocycles. The maximum absolute atomic E-state index is 13.4. The number of hydrogen-bond donors (Lipinski definition) is 0. The van der Waals surface area contributed by atoms with Crippen LogP contribution in [0.4, 0.5) is 0 Å². The third-order valence-electron chi connectivity index (χ3n) is 5.14. The molecular weight excluding hydrogens is 333 g/mol. The van der Waals surface area contributed by atoms with E-state index < -0.39 is 12.8 Å². The summed E-state index contributed by atoms with van der Waals surface area (Å²) in [6.07, 6.45) is 2.61. The van der Waals surface area contributed by atoms with Crippen molar-refractivity contribution < 1.29 is 13.6 Å². The van der Waals surface area contributed by atoms with E-state index in [1.807, 2.05) is 66.9 Å². The molecule has 2 aromatic carbocycles. The summed E-state index contributed by atoms with van der Waals surface area (Å²) in [5.74, 6) is 0. The lowest BCUT2D eigenvalue weighted by Gasteiger charge is -2.28. The summed E-state index contributed by atoms with van der Waals surface area (Å²) in [4.78, 5) is 4.62. The molecule has 0 N–H and O–H groups in total. The highest BCUT2D eigenvalue weighted by Crippen LogP contribution is 2.83. The van der Waals surface area contributed by atoms with Gasteiger partial charge in [0.15, 0.2) is 0 Å². The molecule has 0 aliphatic heterocycles. The number of rotatable bonds is 7. The lowest BCUT2D eigenvalue weighted by Crippen LogP contribution is -2.20. The zero-order chi connectivity index (χ0) is 18.0. The van der Waals surface area contributed by atoms with Crippen molar-refractivity contribution >= 4 is 13.8 Å². The molecule has 0 aromatic heterocycles. The van der Waals surface area contributed by atoms with Gasteiger partial charge in [-0.2, -0.15) is 0 Å². The van der Waals surface area contributed by atoms with Crippen molar-refractivity contribution in [2.75, 3.05) is 14.2 Å². The van der Waals surface area contributed by atoms with E-state index >= 15 is 0 Å². The quantitative estimate of drug-likeness (QED) is 0.515. The van der Waals surface area contributed by atoms with E-state index in [9.17, 15) is 4.57 Å². The summed E-state index contributed by atoms with van der Waals surface area (Å²) in [5.41, 5.74) is 1.75. The molecule has 3 rings (SSSR count). The van der Waals surface area contributed by atoms with E-state index in [0.717, 1.165) is 11.1 Å². The molecule has 2 aromatic rings. The van der Waals surface area contributed by atoms with Gasteiger partial charge in [-0.05, 0) is 17.5 Å². The number of hydrogen-bond acceptors (Lipinski definition) is 4. The zero-order valence-corrected chi connectivity index (χ0v) is 15.8. The first kappa shape index (κ1) is 18.1. The predicted molar refractivity (Wildman–Crippen MR) is 101 cm³/mol. The van der Waals surface area contributed by atoms with Crippen LogP contribution in [0.25, 0.3) is 0 Å². The monoisotopic (exact) mass is 357 g/mol. The van der Waals surface area contributed by atoms with Gasteiger partial charge in [-0.3, -0.25) is 9.56 Å². The van der Waals surface area contributed by atoms with Crippen LogP contribution in [-0.4, -0.2) is 20.4 Å². The van der Waals surface area contributed by atoms with Gasteiger partial charge in [0.2, 0.25) is 0 Å². The second kappa shape index (κ2) is 6.87. The van der Waals surface area contributed by atoms with Crippen LogP contribution < -0.4 is 0 Å². The summed E-state index contributed by atoms with van der Waals surface area (Å²) in [6.45, 7) is 2.67. The Morgan fingerprint density at radius 3 is 2.16 bits per heavy atom. The predicted octanol–water partition coefficient (Wildman–Crippen LogP) is 5.05. The summed E-state index contributed by atoms with van der Waals surface area (Å²) >= 11 is 0. The van der Waals surface area contributed by atoms with Gasteiger partial charge < -0.3 is 9.05 Å². The molecule has 5 heteroatoms. The summed E-state index contributed by atoms with van der Waals surface area (Å²) in [5, 5.41) is -0.690. The average Bonchev–Trinajstić information content (AvgIpc) is 3.30. The molecule has 2 atom stereocenters. The van der Waals surface area contributed by atoms with E-state index in [1.165, 1.54) is 14.2 Å². The van der Waals surface area contributed by atoms with Crippen LogP contribution in [0.5, 0.6) is 0 Å². The van der Waals surface area contributed by atoms with Crippen molar-refractivity contribution in [2.45, 2.75) is 25.0 Å². The number of benzene rings is 2. The van der Waals surface area contributed by atoms with Crippen LogP contribution in [0.1, 0.15) is 24.5 Å². The molecule has 1 fully saturated rings. The normalized spacial score (nSPS) is 26.0. The Bertz CT molecular complexity index is 785. The first-order chi connectivity index (χ1) is 12.0. The van der Waals surface area contributed by atoms with E-state index in [1.54, 1.807) is 0 Å². The van der Waals surface area contributed by atoms with Crippen molar-refractivity contribution in [1.29, 1.82) is 0 Å². The second-order valence-electron chi connectivity index (χ2n) is 6.64. The summed E-state index contributed by atoms with van der Waals surface area (Å²) < 4.78 is 24.2. The van der Waals surface area contributed by atoms with Crippen LogP contribution in [0.2, 0.25) is 0 Å². The molecule has 25 heavy (non-hydrogen) atoms. The standard InChI is InChI=1S/C20H24NO3P/c1-19(16-21-14-17-10-6-4-7-11-17)15-20(19,25(22,23-2)24-3)18-12-8-5-9-13-18/h4-13,16H,14-15H2,1-3H3/t19?,20-/m0/s1. The molecule has 0 heterocycles. The zero-order valence-electron chi connectivity index (χ0n) is 14.9. The van der Waals surface area contributed by atoms with E-state index in [0.29, 0.717) is 13.0 Å². The van der Waals surface area contributed by atoms with Gasteiger partial charge >= 0.3 is 7.60 Å². The minimum atomic E-state index is -3.32. The van der Waals surface area contributed by atoms with Gasteiger partial charge in [-0.15, -0.1) is 0 Å². The third kappa shape index (κ3) is 2.99. The maximum atomic E-state index is 13.4. The second-order valence-corrected chi connectivity index (χ2v) is 9.13. The third-order valence-corrected chi connectivity index (χ3v) is 7.96. The highest BCUT2D eigenvalue weighted by atomic mass is 31.2. The molecule has 1 unspecified atom stereocenters. The highest BCUT2D eigenvalue weighted by molar-refractivity contribution is 7.55. The van der Waals surface area contributed by atoms with Crippen molar-refractivity contribution in [2.24, 2.45) is 10.4 Å². The molecule has 0 spiro atoms. The fourth-order valence-electron chi connectivity index (χ4n) is 3.68. The summed E-state index contributed by atoms with van der Waals surface area (Å²) in [6, 6.07) is 19.9. The van der Waals surface area contributed by atoms with Crippen LogP contribution in [0, 0.1) is 5.41 Å². The van der Waals surface area contributed by atoms with Gasteiger partial charge in [0.1, 0.15) is 5.16 Å². The Morgan fingerprint density at radius 1 is 1.04 bits per heavy atom. The largest absolute Gasteiger partial charge is 0.341 e. The number of nitrogens with zero attached hydrogens (tertiary/aromatic N) is 1. The van der Waals surface area contributed by atoms with Crippen molar-refractivity contribution in [3.05, 3.63) is 71.8 Å². The van der Waals surface area contributed by atoms with Crippen LogP contribution >= 0.6 is 7.60 Å². The van der Waals surface area contributed by atoms with Crippen LogP contribution in [0.3, 0.4) is 0 Å². The maximum Gasteiger partial charge on any atom is 0.341 e. The lowest BCUT2D eigenvalue weighted by molar-refractivity contribution is 0.258. The Kier molecular flexibility index (Phi) is 4.97. The van der Waals surface area contributed by atoms with Crippen molar-refractivity contribution in [3.8, 4) is 0 Å². The van der Waals surface area contributed by atoms with Gasteiger partial charge in [0, 0.05) is 25.8 Å². The fourth-order valence-corrected chi connectivity index (χ4v) is 6.12. The smallest absolute Gasteiger partial charge is 0.311 e. The fraction of sp³-hybridized carbons (Fsp3) is 0.350. The Hall–Kier alpha value is -1.74. The first-order valence-corrected chi connectivity index (χ1v) is 9.88. The van der Waals surface area contributed by atoms with Crippen LogP contribution in [0.15, 0.2) is 65.7 Å². The molecular formula is C20H24NO3P. The molecule has 0 radical (unpaired) electrons. The molecule has 0 bridgehead atoms. The van der Waals surface area contributed by atoms with E-state index in [-0.39, 0.29) is 5.41 Å². The van der Waals surface area contributed by atoms with Gasteiger partial charge in [0.05, 0.1) is 6.54 Å². The van der Waals surface area contributed by atoms with Crippen molar-refractivity contribution in [3.63, 3.8) is 0 Å². The Morgan fingerprint density at radius 2 is 1.60 bits per heavy atom. The number of aliphatic imine (C=N–C) groups is 1. The van der Waals surface area contributed by atoms with E-state index in [4.69, 9.17) is 9.05 Å². The van der Waals surface area contributed by atoms with Gasteiger partial charge in [0.25, 0.3) is 0 Å².